The lowest BCUT2D eigenvalue weighted by atomic mass is 9.94. The van der Waals surface area contributed by atoms with E-state index in [1.165, 1.54) is 32.1 Å². The first-order valence-electron chi connectivity index (χ1n) is 9.24. The predicted molar refractivity (Wildman–Crippen MR) is 92.6 cm³/mol. The molecule has 0 atom stereocenters. The molecule has 1 saturated carbocycles. The van der Waals surface area contributed by atoms with Gasteiger partial charge in [-0.3, -0.25) is 14.6 Å². The minimum atomic E-state index is 0.280. The largest absolute Gasteiger partial charge is 0.361 e. The van der Waals surface area contributed by atoms with Gasteiger partial charge in [-0.2, -0.15) is 0 Å². The van der Waals surface area contributed by atoms with Crippen molar-refractivity contribution < 1.29 is 9.32 Å². The Labute approximate surface area is 144 Å². The number of piperazine rings is 1. The molecule has 24 heavy (non-hydrogen) atoms. The Hall–Kier alpha value is -1.40. The van der Waals surface area contributed by atoms with Crippen LogP contribution >= 0.6 is 0 Å². The van der Waals surface area contributed by atoms with Gasteiger partial charge in [-0.1, -0.05) is 24.4 Å². The van der Waals surface area contributed by atoms with Gasteiger partial charge in [0.05, 0.1) is 12.2 Å². The Morgan fingerprint density at radius 3 is 2.50 bits per heavy atom. The van der Waals surface area contributed by atoms with Crippen molar-refractivity contribution >= 4 is 5.91 Å². The monoisotopic (exact) mass is 334 g/mol. The van der Waals surface area contributed by atoms with E-state index in [0.717, 1.165) is 44.2 Å². The Morgan fingerprint density at radius 2 is 1.88 bits per heavy atom. The molecule has 1 aromatic heterocycles. The molecule has 1 saturated heterocycles. The number of amides is 1. The molecule has 1 aromatic rings. The van der Waals surface area contributed by atoms with Crippen molar-refractivity contribution in [1.82, 2.24) is 19.9 Å². The minimum absolute atomic E-state index is 0.280. The van der Waals surface area contributed by atoms with Crippen LogP contribution in [0.5, 0.6) is 0 Å². The standard InChI is InChI=1S/C18H30N4O2/c1-15-12-16(19-24-15)13-21-8-10-22(11-9-21)14-18(23)20(2)17-6-4-3-5-7-17/h12,17H,3-11,13-14H2,1-2H3. The fraction of sp³-hybridized carbons (Fsp3) is 0.778. The van der Waals surface area contributed by atoms with E-state index in [1.807, 2.05) is 24.9 Å². The van der Waals surface area contributed by atoms with Crippen molar-refractivity contribution in [3.05, 3.63) is 17.5 Å². The highest BCUT2D eigenvalue weighted by atomic mass is 16.5. The second-order valence-corrected chi connectivity index (χ2v) is 7.28. The van der Waals surface area contributed by atoms with Gasteiger partial charge in [0, 0.05) is 51.9 Å². The molecule has 6 nitrogen and oxygen atoms in total. The minimum Gasteiger partial charge on any atom is -0.361 e. The van der Waals surface area contributed by atoms with E-state index in [9.17, 15) is 4.79 Å². The second kappa shape index (κ2) is 8.12. The summed E-state index contributed by atoms with van der Waals surface area (Å²) in [6.45, 7) is 7.16. The average molecular weight is 334 g/mol. The van der Waals surface area contributed by atoms with Crippen LogP contribution in [-0.2, 0) is 11.3 Å². The normalized spacial score (nSPS) is 21.1. The molecule has 0 unspecified atom stereocenters. The molecule has 2 aliphatic rings. The lowest BCUT2D eigenvalue weighted by molar-refractivity contribution is -0.134. The molecular formula is C18H30N4O2. The lowest BCUT2D eigenvalue weighted by Crippen LogP contribution is -2.50. The van der Waals surface area contributed by atoms with Crippen molar-refractivity contribution in [3.63, 3.8) is 0 Å². The van der Waals surface area contributed by atoms with Crippen LogP contribution in [0.25, 0.3) is 0 Å². The van der Waals surface area contributed by atoms with Crippen molar-refractivity contribution in [2.45, 2.75) is 51.6 Å². The molecule has 1 aliphatic carbocycles. The fourth-order valence-electron chi connectivity index (χ4n) is 3.80. The van der Waals surface area contributed by atoms with Gasteiger partial charge in [-0.05, 0) is 19.8 Å². The molecule has 1 aliphatic heterocycles. The van der Waals surface area contributed by atoms with Gasteiger partial charge < -0.3 is 9.42 Å². The summed E-state index contributed by atoms with van der Waals surface area (Å²) >= 11 is 0. The van der Waals surface area contributed by atoms with Crippen molar-refractivity contribution in [1.29, 1.82) is 0 Å². The van der Waals surface area contributed by atoms with Crippen molar-refractivity contribution in [3.8, 4) is 0 Å². The summed E-state index contributed by atoms with van der Waals surface area (Å²) in [5.74, 6) is 1.14. The van der Waals surface area contributed by atoms with Gasteiger partial charge >= 0.3 is 0 Å². The molecule has 0 radical (unpaired) electrons. The molecule has 1 amide bonds. The van der Waals surface area contributed by atoms with Crippen molar-refractivity contribution in [2.24, 2.45) is 0 Å². The van der Waals surface area contributed by atoms with Gasteiger partial charge in [0.1, 0.15) is 5.76 Å². The van der Waals surface area contributed by atoms with Gasteiger partial charge in [0.25, 0.3) is 0 Å². The van der Waals surface area contributed by atoms with Gasteiger partial charge in [0.2, 0.25) is 5.91 Å². The molecule has 3 rings (SSSR count). The highest BCUT2D eigenvalue weighted by Crippen LogP contribution is 2.21. The maximum Gasteiger partial charge on any atom is 0.236 e. The third-order valence-electron chi connectivity index (χ3n) is 5.40. The summed E-state index contributed by atoms with van der Waals surface area (Å²) in [4.78, 5) is 19.2. The average Bonchev–Trinajstić information content (AvgIpc) is 3.01. The maximum atomic E-state index is 12.5. The van der Waals surface area contributed by atoms with Crippen LogP contribution in [0, 0.1) is 6.92 Å². The van der Waals surface area contributed by atoms with Crippen LogP contribution < -0.4 is 0 Å². The molecule has 0 spiro atoms. The number of aryl methyl sites for hydroxylation is 1. The summed E-state index contributed by atoms with van der Waals surface area (Å²) in [6, 6.07) is 2.46. The number of rotatable bonds is 5. The van der Waals surface area contributed by atoms with Gasteiger partial charge in [-0.25, -0.2) is 0 Å². The number of carbonyl (C=O) groups excluding carboxylic acids is 1. The van der Waals surface area contributed by atoms with E-state index >= 15 is 0 Å². The Bertz CT molecular complexity index is 531. The number of carbonyl (C=O) groups is 1. The Kier molecular flexibility index (Phi) is 5.89. The number of hydrogen-bond acceptors (Lipinski definition) is 5. The van der Waals surface area contributed by atoms with E-state index in [-0.39, 0.29) is 5.91 Å². The zero-order chi connectivity index (χ0) is 16.9. The zero-order valence-corrected chi connectivity index (χ0v) is 15.0. The van der Waals surface area contributed by atoms with Crippen LogP contribution in [0.3, 0.4) is 0 Å². The molecule has 0 bridgehead atoms. The van der Waals surface area contributed by atoms with Crippen LogP contribution in [-0.4, -0.2) is 71.6 Å². The topological polar surface area (TPSA) is 52.8 Å². The molecular weight excluding hydrogens is 304 g/mol. The molecule has 134 valence electrons. The molecule has 0 aromatic carbocycles. The number of aromatic nitrogens is 1. The van der Waals surface area contributed by atoms with Crippen LogP contribution in [0.1, 0.15) is 43.6 Å². The summed E-state index contributed by atoms with van der Waals surface area (Å²) in [5.41, 5.74) is 0.994. The molecule has 2 heterocycles. The number of likely N-dealkylation sites (N-methyl/N-ethyl adjacent to an activating group) is 1. The highest BCUT2D eigenvalue weighted by Gasteiger charge is 2.25. The van der Waals surface area contributed by atoms with E-state index < -0.39 is 0 Å². The SMILES string of the molecule is Cc1cc(CN2CCN(CC(=O)N(C)C3CCCCC3)CC2)no1. The summed E-state index contributed by atoms with van der Waals surface area (Å²) in [7, 11) is 1.99. The van der Waals surface area contributed by atoms with Crippen LogP contribution in [0.4, 0.5) is 0 Å². The number of hydrogen-bond donors (Lipinski definition) is 0. The van der Waals surface area contributed by atoms with E-state index in [1.54, 1.807) is 0 Å². The Morgan fingerprint density at radius 1 is 1.21 bits per heavy atom. The highest BCUT2D eigenvalue weighted by molar-refractivity contribution is 5.78. The first-order valence-corrected chi connectivity index (χ1v) is 9.24. The van der Waals surface area contributed by atoms with Gasteiger partial charge in [0.15, 0.2) is 0 Å². The molecule has 6 heteroatoms. The number of nitrogens with zero attached hydrogens (tertiary/aromatic N) is 4. The van der Waals surface area contributed by atoms with E-state index in [0.29, 0.717) is 12.6 Å². The smallest absolute Gasteiger partial charge is 0.236 e. The van der Waals surface area contributed by atoms with E-state index in [2.05, 4.69) is 15.0 Å². The molecule has 2 fully saturated rings. The second-order valence-electron chi connectivity index (χ2n) is 7.28. The van der Waals surface area contributed by atoms with Crippen molar-refractivity contribution in [2.75, 3.05) is 39.8 Å². The van der Waals surface area contributed by atoms with Crippen LogP contribution in [0.15, 0.2) is 10.6 Å². The first kappa shape index (κ1) is 17.4. The maximum absolute atomic E-state index is 12.5. The Balaban J connectivity index is 1.40. The van der Waals surface area contributed by atoms with E-state index in [4.69, 9.17) is 4.52 Å². The zero-order valence-electron chi connectivity index (χ0n) is 15.0. The lowest BCUT2D eigenvalue weighted by Gasteiger charge is -2.36. The summed E-state index contributed by atoms with van der Waals surface area (Å²) < 4.78 is 5.13. The molecule has 0 N–H and O–H groups in total. The third-order valence-corrected chi connectivity index (χ3v) is 5.40. The summed E-state index contributed by atoms with van der Waals surface area (Å²) in [6.07, 6.45) is 6.21. The quantitative estimate of drug-likeness (QED) is 0.823. The third kappa shape index (κ3) is 4.57. The van der Waals surface area contributed by atoms with Crippen LogP contribution in [0.2, 0.25) is 0 Å². The predicted octanol–water partition coefficient (Wildman–Crippen LogP) is 1.89. The fourth-order valence-corrected chi connectivity index (χ4v) is 3.80. The summed E-state index contributed by atoms with van der Waals surface area (Å²) in [5, 5.41) is 4.06. The first-order chi connectivity index (χ1) is 11.6. The van der Waals surface area contributed by atoms with Gasteiger partial charge in [-0.15, -0.1) is 0 Å².